The zero-order valence-corrected chi connectivity index (χ0v) is 7.44. The van der Waals surface area contributed by atoms with Gasteiger partial charge in [-0.15, -0.1) is 0 Å². The molecular formula is C9H17N. The van der Waals surface area contributed by atoms with Crippen molar-refractivity contribution < 1.29 is 0 Å². The first-order chi connectivity index (χ1) is 4.51. The van der Waals surface area contributed by atoms with E-state index < -0.39 is 0 Å². The largest absolute Gasteiger partial charge is 0.288 e. The van der Waals surface area contributed by atoms with Gasteiger partial charge in [-0.3, -0.25) is 4.99 Å². The van der Waals surface area contributed by atoms with Gasteiger partial charge in [-0.05, 0) is 32.6 Å². The first-order valence-corrected chi connectivity index (χ1v) is 4.10. The fraction of sp³-hybridized carbons (Fsp3) is 0.889. The summed E-state index contributed by atoms with van der Waals surface area (Å²) in [5.41, 5.74) is 1.64. The number of hydrogen-bond acceptors (Lipinski definition) is 1. The maximum Gasteiger partial charge on any atom is 0.0555 e. The molecule has 1 heteroatoms. The van der Waals surface area contributed by atoms with Crippen molar-refractivity contribution in [2.24, 2.45) is 10.9 Å². The van der Waals surface area contributed by atoms with E-state index in [9.17, 15) is 0 Å². The fourth-order valence-electron chi connectivity index (χ4n) is 1.35. The van der Waals surface area contributed by atoms with Gasteiger partial charge < -0.3 is 0 Å². The molecule has 1 aliphatic rings. The molecule has 0 atom stereocenters. The Morgan fingerprint density at radius 2 is 2.00 bits per heavy atom. The van der Waals surface area contributed by atoms with E-state index in [1.54, 1.807) is 0 Å². The van der Waals surface area contributed by atoms with Crippen molar-refractivity contribution in [1.29, 1.82) is 0 Å². The lowest BCUT2D eigenvalue weighted by molar-refractivity contribution is 0.522. The van der Waals surface area contributed by atoms with Crippen LogP contribution in [0, 0.1) is 5.92 Å². The van der Waals surface area contributed by atoms with E-state index in [1.165, 1.54) is 18.6 Å². The second kappa shape index (κ2) is 2.37. The number of nitrogens with zero attached hydrogens (tertiary/aromatic N) is 1. The van der Waals surface area contributed by atoms with Gasteiger partial charge in [0.1, 0.15) is 0 Å². The van der Waals surface area contributed by atoms with Crippen LogP contribution in [0.3, 0.4) is 0 Å². The van der Waals surface area contributed by atoms with Crippen molar-refractivity contribution >= 4 is 5.71 Å². The van der Waals surface area contributed by atoms with Crippen molar-refractivity contribution in [1.82, 2.24) is 0 Å². The first kappa shape index (κ1) is 7.77. The molecule has 0 saturated carbocycles. The third kappa shape index (κ3) is 1.59. The van der Waals surface area contributed by atoms with Crippen molar-refractivity contribution in [3.05, 3.63) is 0 Å². The second-order valence-electron chi connectivity index (χ2n) is 4.07. The molecule has 0 amide bonds. The topological polar surface area (TPSA) is 12.4 Å². The van der Waals surface area contributed by atoms with Gasteiger partial charge in [0, 0.05) is 5.71 Å². The van der Waals surface area contributed by atoms with Gasteiger partial charge in [0.15, 0.2) is 0 Å². The highest BCUT2D eigenvalue weighted by Crippen LogP contribution is 2.26. The summed E-state index contributed by atoms with van der Waals surface area (Å²) in [6.45, 7) is 8.87. The van der Waals surface area contributed by atoms with Gasteiger partial charge in [-0.25, -0.2) is 0 Å². The van der Waals surface area contributed by atoms with Gasteiger partial charge in [0.05, 0.1) is 5.54 Å². The van der Waals surface area contributed by atoms with E-state index in [1.807, 2.05) is 0 Å². The van der Waals surface area contributed by atoms with E-state index >= 15 is 0 Å². The summed E-state index contributed by atoms with van der Waals surface area (Å²) in [6.07, 6.45) is 2.45. The molecular weight excluding hydrogens is 122 g/mol. The Kier molecular flexibility index (Phi) is 1.84. The minimum Gasteiger partial charge on any atom is -0.288 e. The molecule has 0 bridgehead atoms. The molecule has 0 aromatic heterocycles. The minimum atomic E-state index is 0.236. The van der Waals surface area contributed by atoms with Crippen LogP contribution in [0.4, 0.5) is 0 Å². The molecule has 0 aliphatic carbocycles. The lowest BCUT2D eigenvalue weighted by Crippen LogP contribution is -2.10. The van der Waals surface area contributed by atoms with Crippen LogP contribution >= 0.6 is 0 Å². The highest BCUT2D eigenvalue weighted by Gasteiger charge is 2.25. The third-order valence-corrected chi connectivity index (χ3v) is 2.11. The Hall–Kier alpha value is -0.330. The maximum absolute atomic E-state index is 4.64. The number of hydrogen-bond donors (Lipinski definition) is 0. The lowest BCUT2D eigenvalue weighted by atomic mass is 10.0. The van der Waals surface area contributed by atoms with Crippen molar-refractivity contribution in [3.63, 3.8) is 0 Å². The summed E-state index contributed by atoms with van der Waals surface area (Å²) in [5, 5.41) is 0. The van der Waals surface area contributed by atoms with Crippen LogP contribution in [0.15, 0.2) is 4.99 Å². The normalized spacial score (nSPS) is 23.5. The predicted octanol–water partition coefficient (Wildman–Crippen LogP) is 2.66. The molecule has 0 N–H and O–H groups in total. The lowest BCUT2D eigenvalue weighted by Gasteiger charge is -2.11. The van der Waals surface area contributed by atoms with E-state index in [-0.39, 0.29) is 5.54 Å². The highest BCUT2D eigenvalue weighted by molar-refractivity contribution is 5.88. The Morgan fingerprint density at radius 1 is 1.40 bits per heavy atom. The van der Waals surface area contributed by atoms with Crippen LogP contribution in [-0.4, -0.2) is 11.3 Å². The van der Waals surface area contributed by atoms with Crippen molar-refractivity contribution in [2.75, 3.05) is 0 Å². The quantitative estimate of drug-likeness (QED) is 0.529. The van der Waals surface area contributed by atoms with Gasteiger partial charge in [-0.2, -0.15) is 0 Å². The Morgan fingerprint density at radius 3 is 2.20 bits per heavy atom. The average Bonchev–Trinajstić information content (AvgIpc) is 2.10. The molecule has 1 nitrogen and oxygen atoms in total. The van der Waals surface area contributed by atoms with Gasteiger partial charge in [0.25, 0.3) is 0 Å². The molecule has 58 valence electrons. The monoisotopic (exact) mass is 139 g/mol. The summed E-state index contributed by atoms with van der Waals surface area (Å²) >= 11 is 0. The Labute approximate surface area is 63.5 Å². The molecule has 1 heterocycles. The van der Waals surface area contributed by atoms with E-state index in [2.05, 4.69) is 32.7 Å². The SMILES string of the molecule is CC(C)C1=NC(C)(C)CC1. The van der Waals surface area contributed by atoms with Crippen LogP contribution < -0.4 is 0 Å². The summed E-state index contributed by atoms with van der Waals surface area (Å²) in [6, 6.07) is 0. The third-order valence-electron chi connectivity index (χ3n) is 2.11. The minimum absolute atomic E-state index is 0.236. The van der Waals surface area contributed by atoms with Crippen LogP contribution in [0.1, 0.15) is 40.5 Å². The molecule has 0 fully saturated rings. The van der Waals surface area contributed by atoms with Crippen molar-refractivity contribution in [3.8, 4) is 0 Å². The van der Waals surface area contributed by atoms with E-state index in [4.69, 9.17) is 0 Å². The van der Waals surface area contributed by atoms with Gasteiger partial charge in [0.2, 0.25) is 0 Å². The van der Waals surface area contributed by atoms with Crippen LogP contribution in [0.25, 0.3) is 0 Å². The Bertz CT molecular complexity index is 154. The molecule has 0 saturated heterocycles. The molecule has 0 unspecified atom stereocenters. The standard InChI is InChI=1S/C9H17N/c1-7(2)8-5-6-9(3,4)10-8/h7H,5-6H2,1-4H3. The number of aliphatic imine (C=N–C) groups is 1. The van der Waals surface area contributed by atoms with Crippen molar-refractivity contribution in [2.45, 2.75) is 46.1 Å². The van der Waals surface area contributed by atoms with Crippen LogP contribution in [0.2, 0.25) is 0 Å². The van der Waals surface area contributed by atoms with Gasteiger partial charge in [-0.1, -0.05) is 13.8 Å². The molecule has 0 aromatic carbocycles. The first-order valence-electron chi connectivity index (χ1n) is 4.10. The molecule has 1 rings (SSSR count). The molecule has 0 radical (unpaired) electrons. The summed E-state index contributed by atoms with van der Waals surface area (Å²) in [4.78, 5) is 4.64. The van der Waals surface area contributed by atoms with E-state index in [0.717, 1.165) is 0 Å². The van der Waals surface area contributed by atoms with Crippen LogP contribution in [-0.2, 0) is 0 Å². The molecule has 0 spiro atoms. The maximum atomic E-state index is 4.64. The van der Waals surface area contributed by atoms with E-state index in [0.29, 0.717) is 5.92 Å². The molecule has 0 aromatic rings. The Balaban J connectivity index is 2.66. The zero-order chi connectivity index (χ0) is 7.78. The summed E-state index contributed by atoms with van der Waals surface area (Å²) in [7, 11) is 0. The number of rotatable bonds is 1. The van der Waals surface area contributed by atoms with Gasteiger partial charge >= 0.3 is 0 Å². The average molecular weight is 139 g/mol. The highest BCUT2D eigenvalue weighted by atomic mass is 14.9. The fourth-order valence-corrected chi connectivity index (χ4v) is 1.35. The molecule has 1 aliphatic heterocycles. The zero-order valence-electron chi connectivity index (χ0n) is 7.44. The summed E-state index contributed by atoms with van der Waals surface area (Å²) < 4.78 is 0. The predicted molar refractivity (Wildman–Crippen MR) is 45.6 cm³/mol. The van der Waals surface area contributed by atoms with Crippen LogP contribution in [0.5, 0.6) is 0 Å². The smallest absolute Gasteiger partial charge is 0.0555 e. The summed E-state index contributed by atoms with van der Waals surface area (Å²) in [5.74, 6) is 0.654. The molecule has 10 heavy (non-hydrogen) atoms. The second-order valence-corrected chi connectivity index (χ2v) is 4.07.